The van der Waals surface area contributed by atoms with Crippen LogP contribution in [0.5, 0.6) is 0 Å². The molecule has 0 fully saturated rings. The Morgan fingerprint density at radius 1 is 1.41 bits per heavy atom. The molecule has 2 aromatic rings. The third-order valence-electron chi connectivity index (χ3n) is 2.73. The first-order chi connectivity index (χ1) is 8.18. The van der Waals surface area contributed by atoms with E-state index >= 15 is 0 Å². The molecule has 0 aliphatic heterocycles. The quantitative estimate of drug-likeness (QED) is 0.906. The van der Waals surface area contributed by atoms with Gasteiger partial charge in [-0.1, -0.05) is 17.7 Å². The fourth-order valence-corrected chi connectivity index (χ4v) is 1.72. The molecule has 2 heterocycles. The number of imidazole rings is 1. The van der Waals surface area contributed by atoms with Crippen LogP contribution in [0.2, 0.25) is 5.15 Å². The average Bonchev–Trinajstić information content (AvgIpc) is 2.68. The van der Waals surface area contributed by atoms with Gasteiger partial charge in [0.05, 0.1) is 18.4 Å². The standard InChI is InChI=1S/C12H15ClN4/c1-9(10-5-3-4-6-14-10)15-8-12-16-7-11(13)17(12)2/h3-7,9,15H,8H2,1-2H3. The topological polar surface area (TPSA) is 42.7 Å². The molecule has 1 atom stereocenters. The molecule has 90 valence electrons. The van der Waals surface area contributed by atoms with E-state index in [0.29, 0.717) is 11.7 Å². The first-order valence-electron chi connectivity index (χ1n) is 5.49. The van der Waals surface area contributed by atoms with E-state index in [0.717, 1.165) is 11.5 Å². The Hall–Kier alpha value is -1.39. The fourth-order valence-electron chi connectivity index (χ4n) is 1.57. The SMILES string of the molecule is CC(NCc1ncc(Cl)n1C)c1ccccn1. The first kappa shape index (κ1) is 12.1. The van der Waals surface area contributed by atoms with Gasteiger partial charge in [-0.25, -0.2) is 4.98 Å². The van der Waals surface area contributed by atoms with Crippen molar-refractivity contribution >= 4 is 11.6 Å². The Bertz CT molecular complexity index is 481. The van der Waals surface area contributed by atoms with Gasteiger partial charge in [-0.05, 0) is 19.1 Å². The lowest BCUT2D eigenvalue weighted by molar-refractivity contribution is 0.539. The molecule has 0 spiro atoms. The second kappa shape index (κ2) is 5.29. The summed E-state index contributed by atoms with van der Waals surface area (Å²) in [5.41, 5.74) is 1.02. The Kier molecular flexibility index (Phi) is 3.76. The van der Waals surface area contributed by atoms with Crippen molar-refractivity contribution in [3.63, 3.8) is 0 Å². The van der Waals surface area contributed by atoms with Crippen LogP contribution < -0.4 is 5.32 Å². The van der Waals surface area contributed by atoms with Gasteiger partial charge in [-0.2, -0.15) is 0 Å². The predicted molar refractivity (Wildman–Crippen MR) is 67.7 cm³/mol. The van der Waals surface area contributed by atoms with Gasteiger partial charge in [-0.3, -0.25) is 4.98 Å². The van der Waals surface area contributed by atoms with E-state index < -0.39 is 0 Å². The molecule has 0 radical (unpaired) electrons. The molecular formula is C12H15ClN4. The van der Waals surface area contributed by atoms with Crippen LogP contribution in [0.3, 0.4) is 0 Å². The molecular weight excluding hydrogens is 236 g/mol. The van der Waals surface area contributed by atoms with Crippen LogP contribution >= 0.6 is 11.6 Å². The van der Waals surface area contributed by atoms with Crippen LogP contribution in [-0.4, -0.2) is 14.5 Å². The predicted octanol–water partition coefficient (Wildman–Crippen LogP) is 2.32. The van der Waals surface area contributed by atoms with E-state index in [2.05, 4.69) is 22.2 Å². The third kappa shape index (κ3) is 2.84. The minimum atomic E-state index is 0.187. The number of aromatic nitrogens is 3. The molecule has 0 aliphatic carbocycles. The van der Waals surface area contributed by atoms with Crippen molar-refractivity contribution in [2.24, 2.45) is 7.05 Å². The molecule has 0 bridgehead atoms. The molecule has 0 aliphatic rings. The second-order valence-electron chi connectivity index (χ2n) is 3.91. The van der Waals surface area contributed by atoms with E-state index in [-0.39, 0.29) is 6.04 Å². The van der Waals surface area contributed by atoms with Crippen LogP contribution in [-0.2, 0) is 13.6 Å². The third-order valence-corrected chi connectivity index (χ3v) is 3.08. The summed E-state index contributed by atoms with van der Waals surface area (Å²) in [5, 5.41) is 4.01. The number of hydrogen-bond donors (Lipinski definition) is 1. The van der Waals surface area contributed by atoms with Gasteiger partial charge in [0, 0.05) is 19.3 Å². The van der Waals surface area contributed by atoms with Crippen LogP contribution in [0.15, 0.2) is 30.6 Å². The van der Waals surface area contributed by atoms with Crippen molar-refractivity contribution in [2.75, 3.05) is 0 Å². The molecule has 1 N–H and O–H groups in total. The molecule has 2 aromatic heterocycles. The van der Waals surface area contributed by atoms with Gasteiger partial charge in [0.2, 0.25) is 0 Å². The maximum atomic E-state index is 5.92. The Morgan fingerprint density at radius 2 is 2.24 bits per heavy atom. The fraction of sp³-hybridized carbons (Fsp3) is 0.333. The zero-order valence-electron chi connectivity index (χ0n) is 9.89. The molecule has 5 heteroatoms. The summed E-state index contributed by atoms with van der Waals surface area (Å²) in [6.45, 7) is 2.74. The van der Waals surface area contributed by atoms with Crippen LogP contribution in [0.4, 0.5) is 0 Å². The summed E-state index contributed by atoms with van der Waals surface area (Å²) in [5.74, 6) is 0.915. The monoisotopic (exact) mass is 250 g/mol. The Balaban J connectivity index is 1.97. The van der Waals surface area contributed by atoms with E-state index in [9.17, 15) is 0 Å². The van der Waals surface area contributed by atoms with Crippen LogP contribution in [0.1, 0.15) is 24.5 Å². The smallest absolute Gasteiger partial charge is 0.128 e. The average molecular weight is 251 g/mol. The molecule has 2 rings (SSSR count). The van der Waals surface area contributed by atoms with Crippen LogP contribution in [0, 0.1) is 0 Å². The zero-order valence-corrected chi connectivity index (χ0v) is 10.6. The van der Waals surface area contributed by atoms with Crippen molar-refractivity contribution < 1.29 is 0 Å². The van der Waals surface area contributed by atoms with Crippen molar-refractivity contribution in [1.29, 1.82) is 0 Å². The van der Waals surface area contributed by atoms with Crippen molar-refractivity contribution in [1.82, 2.24) is 19.9 Å². The molecule has 0 aromatic carbocycles. The summed E-state index contributed by atoms with van der Waals surface area (Å²) in [4.78, 5) is 8.53. The zero-order chi connectivity index (χ0) is 12.3. The lowest BCUT2D eigenvalue weighted by Crippen LogP contribution is -2.20. The summed E-state index contributed by atoms with van der Waals surface area (Å²) >= 11 is 5.92. The molecule has 0 amide bonds. The summed E-state index contributed by atoms with van der Waals surface area (Å²) in [6, 6.07) is 6.09. The Labute approximate surface area is 106 Å². The van der Waals surface area contributed by atoms with Crippen LogP contribution in [0.25, 0.3) is 0 Å². The normalized spacial score (nSPS) is 12.6. The van der Waals surface area contributed by atoms with Gasteiger partial charge in [0.25, 0.3) is 0 Å². The van der Waals surface area contributed by atoms with Crippen molar-refractivity contribution in [2.45, 2.75) is 19.5 Å². The van der Waals surface area contributed by atoms with E-state index in [4.69, 9.17) is 11.6 Å². The lowest BCUT2D eigenvalue weighted by Gasteiger charge is -2.12. The molecule has 0 saturated heterocycles. The molecule has 1 unspecified atom stereocenters. The van der Waals surface area contributed by atoms with E-state index in [1.165, 1.54) is 0 Å². The van der Waals surface area contributed by atoms with Gasteiger partial charge < -0.3 is 9.88 Å². The number of pyridine rings is 1. The highest BCUT2D eigenvalue weighted by molar-refractivity contribution is 6.29. The van der Waals surface area contributed by atoms with Crippen molar-refractivity contribution in [3.05, 3.63) is 47.3 Å². The summed E-state index contributed by atoms with van der Waals surface area (Å²) in [7, 11) is 1.90. The Morgan fingerprint density at radius 3 is 2.82 bits per heavy atom. The van der Waals surface area contributed by atoms with Gasteiger partial charge in [0.1, 0.15) is 11.0 Å². The number of hydrogen-bond acceptors (Lipinski definition) is 3. The largest absolute Gasteiger partial charge is 0.321 e. The second-order valence-corrected chi connectivity index (χ2v) is 4.30. The van der Waals surface area contributed by atoms with Gasteiger partial charge >= 0.3 is 0 Å². The number of nitrogens with one attached hydrogen (secondary N) is 1. The van der Waals surface area contributed by atoms with Gasteiger partial charge in [-0.15, -0.1) is 0 Å². The summed E-state index contributed by atoms with van der Waals surface area (Å²) < 4.78 is 1.86. The minimum absolute atomic E-state index is 0.187. The highest BCUT2D eigenvalue weighted by Crippen LogP contribution is 2.11. The maximum Gasteiger partial charge on any atom is 0.128 e. The first-order valence-corrected chi connectivity index (χ1v) is 5.86. The highest BCUT2D eigenvalue weighted by atomic mass is 35.5. The van der Waals surface area contributed by atoms with E-state index in [1.807, 2.05) is 29.8 Å². The van der Waals surface area contributed by atoms with E-state index in [1.54, 1.807) is 12.4 Å². The summed E-state index contributed by atoms with van der Waals surface area (Å²) in [6.07, 6.45) is 3.45. The number of nitrogens with zero attached hydrogens (tertiary/aromatic N) is 3. The highest BCUT2D eigenvalue weighted by Gasteiger charge is 2.08. The number of halogens is 1. The molecule has 4 nitrogen and oxygen atoms in total. The van der Waals surface area contributed by atoms with Gasteiger partial charge in [0.15, 0.2) is 0 Å². The molecule has 17 heavy (non-hydrogen) atoms. The minimum Gasteiger partial charge on any atom is -0.321 e. The maximum absolute atomic E-state index is 5.92. The van der Waals surface area contributed by atoms with Crippen molar-refractivity contribution in [3.8, 4) is 0 Å². The molecule has 0 saturated carbocycles. The lowest BCUT2D eigenvalue weighted by atomic mass is 10.2. The number of rotatable bonds is 4.